The first kappa shape index (κ1) is 10.2. The lowest BCUT2D eigenvalue weighted by molar-refractivity contribution is 0.658. The molecule has 2 aliphatic heterocycles. The van der Waals surface area contributed by atoms with E-state index in [-0.39, 0.29) is 0 Å². The molecule has 1 N–H and O–H groups in total. The van der Waals surface area contributed by atoms with Gasteiger partial charge in [0.05, 0.1) is 0 Å². The molecular weight excluding hydrogens is 196 g/mol. The summed E-state index contributed by atoms with van der Waals surface area (Å²) >= 11 is 0. The zero-order valence-corrected chi connectivity index (χ0v) is 10.2. The summed E-state index contributed by atoms with van der Waals surface area (Å²) in [4.78, 5) is 2.36. The lowest BCUT2D eigenvalue weighted by Crippen LogP contribution is -2.16. The fourth-order valence-electron chi connectivity index (χ4n) is 3.03. The van der Waals surface area contributed by atoms with Crippen molar-refractivity contribution in [1.82, 2.24) is 5.32 Å². The van der Waals surface area contributed by atoms with Gasteiger partial charge >= 0.3 is 0 Å². The van der Waals surface area contributed by atoms with Gasteiger partial charge in [0.2, 0.25) is 0 Å². The lowest BCUT2D eigenvalue weighted by atomic mass is 9.94. The number of hydrogen-bond donors (Lipinski definition) is 1. The number of nitrogens with one attached hydrogen (secondary N) is 1. The molecule has 0 saturated carbocycles. The summed E-state index contributed by atoms with van der Waals surface area (Å²) in [5, 5.41) is 3.53. The Balaban J connectivity index is 1.87. The number of nitrogens with zero attached hydrogens (tertiary/aromatic N) is 1. The SMILES string of the molecule is CC1CC(c2ccc3c(c2)CCN3C)CN1. The van der Waals surface area contributed by atoms with Crippen molar-refractivity contribution in [3.8, 4) is 0 Å². The molecule has 1 aromatic rings. The smallest absolute Gasteiger partial charge is 0.0397 e. The molecule has 2 nitrogen and oxygen atoms in total. The average Bonchev–Trinajstić information content (AvgIpc) is 2.86. The standard InChI is InChI=1S/C14H20N2/c1-10-7-13(9-15-10)11-3-4-14-12(8-11)5-6-16(14)2/h3-4,8,10,13,15H,5-7,9H2,1-2H3. The Morgan fingerprint density at radius 3 is 3.00 bits per heavy atom. The van der Waals surface area contributed by atoms with Gasteiger partial charge in [-0.1, -0.05) is 12.1 Å². The first-order valence-corrected chi connectivity index (χ1v) is 6.31. The zero-order chi connectivity index (χ0) is 11.1. The monoisotopic (exact) mass is 216 g/mol. The third kappa shape index (κ3) is 1.61. The van der Waals surface area contributed by atoms with Gasteiger partial charge in [0, 0.05) is 31.9 Å². The van der Waals surface area contributed by atoms with Crippen LogP contribution in [0.1, 0.15) is 30.4 Å². The van der Waals surface area contributed by atoms with E-state index in [1.165, 1.54) is 30.6 Å². The first-order chi connectivity index (χ1) is 7.74. The molecular formula is C14H20N2. The molecule has 2 unspecified atom stereocenters. The third-order valence-corrected chi connectivity index (χ3v) is 4.05. The normalized spacial score (nSPS) is 28.5. The van der Waals surface area contributed by atoms with Gasteiger partial charge < -0.3 is 10.2 Å². The predicted octanol–water partition coefficient (Wildman–Crippen LogP) is 2.14. The molecule has 2 heterocycles. The highest BCUT2D eigenvalue weighted by Crippen LogP contribution is 2.32. The predicted molar refractivity (Wildman–Crippen MR) is 68.2 cm³/mol. The highest BCUT2D eigenvalue weighted by Gasteiger charge is 2.24. The summed E-state index contributed by atoms with van der Waals surface area (Å²) < 4.78 is 0. The van der Waals surface area contributed by atoms with E-state index in [0.717, 1.165) is 12.5 Å². The molecule has 0 amide bonds. The molecule has 0 aromatic heterocycles. The maximum atomic E-state index is 3.53. The van der Waals surface area contributed by atoms with Crippen LogP contribution < -0.4 is 10.2 Å². The van der Waals surface area contributed by atoms with Crippen LogP contribution in [0.2, 0.25) is 0 Å². The van der Waals surface area contributed by atoms with E-state index in [2.05, 4.69) is 42.4 Å². The topological polar surface area (TPSA) is 15.3 Å². The van der Waals surface area contributed by atoms with Crippen LogP contribution in [-0.2, 0) is 6.42 Å². The summed E-state index contributed by atoms with van der Waals surface area (Å²) in [6.07, 6.45) is 2.50. The second kappa shape index (κ2) is 3.77. The number of likely N-dealkylation sites (N-methyl/N-ethyl adjacent to an activating group) is 1. The Labute approximate surface area is 97.6 Å². The summed E-state index contributed by atoms with van der Waals surface area (Å²) in [5.74, 6) is 0.728. The van der Waals surface area contributed by atoms with Crippen LogP contribution >= 0.6 is 0 Å². The molecule has 0 aliphatic carbocycles. The van der Waals surface area contributed by atoms with E-state index in [4.69, 9.17) is 0 Å². The number of fused-ring (bicyclic) bond motifs is 1. The van der Waals surface area contributed by atoms with E-state index in [1.54, 1.807) is 5.56 Å². The number of anilines is 1. The molecule has 16 heavy (non-hydrogen) atoms. The Kier molecular flexibility index (Phi) is 2.40. The summed E-state index contributed by atoms with van der Waals surface area (Å²) in [6.45, 7) is 4.61. The highest BCUT2D eigenvalue weighted by atomic mass is 15.1. The van der Waals surface area contributed by atoms with Crippen molar-refractivity contribution >= 4 is 5.69 Å². The van der Waals surface area contributed by atoms with Gasteiger partial charge in [-0.05, 0) is 42.9 Å². The molecule has 3 rings (SSSR count). The van der Waals surface area contributed by atoms with Crippen LogP contribution in [0.4, 0.5) is 5.69 Å². The van der Waals surface area contributed by atoms with Crippen molar-refractivity contribution in [2.45, 2.75) is 31.7 Å². The molecule has 2 heteroatoms. The Morgan fingerprint density at radius 2 is 2.25 bits per heavy atom. The van der Waals surface area contributed by atoms with E-state index >= 15 is 0 Å². The van der Waals surface area contributed by atoms with Crippen molar-refractivity contribution in [3.63, 3.8) is 0 Å². The van der Waals surface area contributed by atoms with Gasteiger partial charge in [-0.25, -0.2) is 0 Å². The fraction of sp³-hybridized carbons (Fsp3) is 0.571. The van der Waals surface area contributed by atoms with Crippen LogP contribution in [0.3, 0.4) is 0 Å². The molecule has 0 radical (unpaired) electrons. The van der Waals surface area contributed by atoms with E-state index in [1.807, 2.05) is 0 Å². The summed E-state index contributed by atoms with van der Waals surface area (Å²) in [7, 11) is 2.19. The van der Waals surface area contributed by atoms with E-state index in [0.29, 0.717) is 6.04 Å². The van der Waals surface area contributed by atoms with E-state index in [9.17, 15) is 0 Å². The minimum Gasteiger partial charge on any atom is -0.374 e. The molecule has 0 spiro atoms. The van der Waals surface area contributed by atoms with Gasteiger partial charge in [-0.15, -0.1) is 0 Å². The number of rotatable bonds is 1. The Bertz CT molecular complexity index is 400. The third-order valence-electron chi connectivity index (χ3n) is 4.05. The minimum absolute atomic E-state index is 0.681. The lowest BCUT2D eigenvalue weighted by Gasteiger charge is -2.14. The molecule has 1 fully saturated rings. The minimum atomic E-state index is 0.681. The van der Waals surface area contributed by atoms with Crippen LogP contribution in [-0.4, -0.2) is 26.2 Å². The van der Waals surface area contributed by atoms with Crippen molar-refractivity contribution in [2.75, 3.05) is 25.0 Å². The second-order valence-corrected chi connectivity index (χ2v) is 5.30. The van der Waals surface area contributed by atoms with Gasteiger partial charge in [0.15, 0.2) is 0 Å². The average molecular weight is 216 g/mol. The van der Waals surface area contributed by atoms with Crippen LogP contribution in [0.5, 0.6) is 0 Å². The number of hydrogen-bond acceptors (Lipinski definition) is 2. The van der Waals surface area contributed by atoms with Gasteiger partial charge in [-0.2, -0.15) is 0 Å². The Morgan fingerprint density at radius 1 is 1.38 bits per heavy atom. The maximum Gasteiger partial charge on any atom is 0.0397 e. The molecule has 1 saturated heterocycles. The van der Waals surface area contributed by atoms with Crippen LogP contribution in [0, 0.1) is 0 Å². The molecule has 2 aliphatic rings. The van der Waals surface area contributed by atoms with Gasteiger partial charge in [0.25, 0.3) is 0 Å². The van der Waals surface area contributed by atoms with Gasteiger partial charge in [0.1, 0.15) is 0 Å². The van der Waals surface area contributed by atoms with Crippen molar-refractivity contribution in [3.05, 3.63) is 29.3 Å². The zero-order valence-electron chi connectivity index (χ0n) is 10.2. The summed E-state index contributed by atoms with van der Waals surface area (Å²) in [6, 6.07) is 7.75. The fourth-order valence-corrected chi connectivity index (χ4v) is 3.03. The Hall–Kier alpha value is -1.02. The van der Waals surface area contributed by atoms with Crippen molar-refractivity contribution in [2.24, 2.45) is 0 Å². The second-order valence-electron chi connectivity index (χ2n) is 5.30. The van der Waals surface area contributed by atoms with Crippen LogP contribution in [0.15, 0.2) is 18.2 Å². The first-order valence-electron chi connectivity index (χ1n) is 6.31. The molecule has 86 valence electrons. The molecule has 1 aromatic carbocycles. The van der Waals surface area contributed by atoms with Gasteiger partial charge in [-0.3, -0.25) is 0 Å². The van der Waals surface area contributed by atoms with Crippen molar-refractivity contribution < 1.29 is 0 Å². The highest BCUT2D eigenvalue weighted by molar-refractivity contribution is 5.58. The maximum absolute atomic E-state index is 3.53. The largest absolute Gasteiger partial charge is 0.374 e. The van der Waals surface area contributed by atoms with Crippen molar-refractivity contribution in [1.29, 1.82) is 0 Å². The van der Waals surface area contributed by atoms with Crippen LogP contribution in [0.25, 0.3) is 0 Å². The quantitative estimate of drug-likeness (QED) is 0.774. The molecule has 0 bridgehead atoms. The molecule has 2 atom stereocenters. The number of benzene rings is 1. The summed E-state index contributed by atoms with van der Waals surface area (Å²) in [5.41, 5.74) is 4.51. The van der Waals surface area contributed by atoms with E-state index < -0.39 is 0 Å².